The summed E-state index contributed by atoms with van der Waals surface area (Å²) in [5.41, 5.74) is 12.4. The number of aromatic nitrogens is 8. The van der Waals surface area contributed by atoms with Crippen LogP contribution in [0.3, 0.4) is 0 Å². The molecule has 1 aliphatic heterocycles. The molecule has 29 heavy (non-hydrogen) atoms. The van der Waals surface area contributed by atoms with Gasteiger partial charge in [-0.05, 0) is 19.3 Å². The fourth-order valence-corrected chi connectivity index (χ4v) is 2.89. The Labute approximate surface area is 163 Å². The van der Waals surface area contributed by atoms with Gasteiger partial charge < -0.3 is 21.2 Å². The zero-order valence-corrected chi connectivity index (χ0v) is 14.5. The van der Waals surface area contributed by atoms with E-state index in [1.54, 1.807) is 10.9 Å². The number of H-pyrrole nitrogens is 1. The van der Waals surface area contributed by atoms with Crippen molar-refractivity contribution in [3.8, 4) is 0 Å². The number of ether oxygens (including phenoxy) is 1. The second-order valence-corrected chi connectivity index (χ2v) is 6.00. The summed E-state index contributed by atoms with van der Waals surface area (Å²) in [5, 5.41) is 0. The Balaban J connectivity index is 0.000000174. The molecular formula is C16H20F2N10O. The second kappa shape index (κ2) is 8.26. The molecule has 1 unspecified atom stereocenters. The highest BCUT2D eigenvalue weighted by Crippen LogP contribution is 2.26. The van der Waals surface area contributed by atoms with Crippen LogP contribution in [0.5, 0.6) is 0 Å². The van der Waals surface area contributed by atoms with Crippen molar-refractivity contribution in [2.75, 3.05) is 18.1 Å². The number of nitrogens with two attached hydrogens (primary N) is 2. The number of nitrogens with one attached hydrogen (secondary N) is 1. The van der Waals surface area contributed by atoms with Gasteiger partial charge in [0.1, 0.15) is 11.7 Å². The molecule has 11 nitrogen and oxygen atoms in total. The van der Waals surface area contributed by atoms with Crippen molar-refractivity contribution in [2.24, 2.45) is 0 Å². The number of nitrogen functional groups attached to an aromatic ring is 2. The van der Waals surface area contributed by atoms with Gasteiger partial charge in [0.05, 0.1) is 12.7 Å². The number of hydrogen-bond donors (Lipinski definition) is 3. The van der Waals surface area contributed by atoms with E-state index >= 15 is 0 Å². The minimum Gasteiger partial charge on any atom is -0.382 e. The third-order valence-electron chi connectivity index (χ3n) is 4.17. The van der Waals surface area contributed by atoms with Gasteiger partial charge in [-0.3, -0.25) is 4.57 Å². The molecule has 13 heteroatoms. The molecule has 5 rings (SSSR count). The molecule has 4 aromatic heterocycles. The minimum atomic E-state index is -0.859. The molecule has 0 radical (unpaired) electrons. The Kier molecular flexibility index (Phi) is 5.77. The summed E-state index contributed by atoms with van der Waals surface area (Å²) in [6.07, 6.45) is 4.12. The summed E-state index contributed by atoms with van der Waals surface area (Å²) in [7, 11) is 0. The Morgan fingerprint density at radius 1 is 1.03 bits per heavy atom. The number of fused-ring (bicyclic) bond motifs is 2. The molecule has 5 N–H and O–H groups in total. The van der Waals surface area contributed by atoms with Crippen LogP contribution >= 0.6 is 0 Å². The standard InChI is InChI=1S/C10H12FN5O.C5H4FN5.CH4/c11-10-14-8(12)7-9(15-10)16(5-13-7)6-3-1-2-4-17-6;6-5-10-3(7)2-4(11-5)9-1-8-2;/h5-6H,1-4H2,(H2,12,14,15);1H,(H3,7,8,9,10,11);1H4. The fourth-order valence-electron chi connectivity index (χ4n) is 2.89. The fraction of sp³-hybridized carbons (Fsp3) is 0.375. The maximum atomic E-state index is 13.1. The van der Waals surface area contributed by atoms with Crippen LogP contribution < -0.4 is 11.5 Å². The van der Waals surface area contributed by atoms with E-state index in [0.717, 1.165) is 19.3 Å². The summed E-state index contributed by atoms with van der Waals surface area (Å²) in [5.74, 6) is 0.132. The summed E-state index contributed by atoms with van der Waals surface area (Å²) < 4.78 is 32.9. The van der Waals surface area contributed by atoms with Gasteiger partial charge in [0, 0.05) is 6.61 Å². The molecule has 0 spiro atoms. The van der Waals surface area contributed by atoms with Crippen LogP contribution in [0.1, 0.15) is 32.9 Å². The third kappa shape index (κ3) is 4.03. The maximum Gasteiger partial charge on any atom is 0.312 e. The molecule has 1 saturated heterocycles. The number of nitrogens with zero attached hydrogens (tertiary/aromatic N) is 7. The van der Waals surface area contributed by atoms with Crippen LogP contribution in [0, 0.1) is 12.2 Å². The summed E-state index contributed by atoms with van der Waals surface area (Å²) >= 11 is 0. The number of rotatable bonds is 1. The molecule has 1 aliphatic rings. The van der Waals surface area contributed by atoms with E-state index in [-0.39, 0.29) is 30.9 Å². The molecule has 1 fully saturated rings. The van der Waals surface area contributed by atoms with Gasteiger partial charge in [0.2, 0.25) is 0 Å². The first-order valence-electron chi connectivity index (χ1n) is 8.42. The molecule has 4 aromatic rings. The normalized spacial score (nSPS) is 16.3. The number of halogens is 2. The van der Waals surface area contributed by atoms with E-state index in [1.165, 1.54) is 6.33 Å². The highest BCUT2D eigenvalue weighted by atomic mass is 19.1. The Morgan fingerprint density at radius 3 is 2.55 bits per heavy atom. The molecule has 0 bridgehead atoms. The van der Waals surface area contributed by atoms with Gasteiger partial charge in [0.15, 0.2) is 28.4 Å². The lowest BCUT2D eigenvalue weighted by Gasteiger charge is -2.23. The van der Waals surface area contributed by atoms with E-state index in [2.05, 4.69) is 34.9 Å². The van der Waals surface area contributed by atoms with E-state index in [1.807, 2.05) is 0 Å². The second-order valence-electron chi connectivity index (χ2n) is 6.00. The number of aromatic amines is 1. The van der Waals surface area contributed by atoms with Gasteiger partial charge in [-0.25, -0.2) is 9.97 Å². The summed E-state index contributed by atoms with van der Waals surface area (Å²) in [4.78, 5) is 24.4. The van der Waals surface area contributed by atoms with Crippen molar-refractivity contribution in [2.45, 2.75) is 32.9 Å². The first kappa shape index (κ1) is 20.3. The summed E-state index contributed by atoms with van der Waals surface area (Å²) in [6, 6.07) is 0. The Bertz CT molecular complexity index is 1120. The predicted octanol–water partition coefficient (Wildman–Crippen LogP) is 1.96. The monoisotopic (exact) mass is 406 g/mol. The number of imidazole rings is 2. The highest BCUT2D eigenvalue weighted by molar-refractivity contribution is 5.81. The Morgan fingerprint density at radius 2 is 1.79 bits per heavy atom. The first-order valence-corrected chi connectivity index (χ1v) is 8.42. The van der Waals surface area contributed by atoms with Crippen LogP contribution in [0.25, 0.3) is 22.3 Å². The van der Waals surface area contributed by atoms with Crippen molar-refractivity contribution in [1.29, 1.82) is 0 Å². The van der Waals surface area contributed by atoms with Crippen molar-refractivity contribution < 1.29 is 13.5 Å². The van der Waals surface area contributed by atoms with Crippen LogP contribution in [-0.2, 0) is 4.74 Å². The van der Waals surface area contributed by atoms with Gasteiger partial charge in [-0.15, -0.1) is 0 Å². The van der Waals surface area contributed by atoms with E-state index in [0.29, 0.717) is 23.3 Å². The SMILES string of the molecule is C.Nc1nc(F)nc2c1ncn2C1CCCCO1.Nc1nc(F)nc2nc[nH]c12. The molecule has 1 atom stereocenters. The highest BCUT2D eigenvalue weighted by Gasteiger charge is 2.20. The van der Waals surface area contributed by atoms with Gasteiger partial charge in [-0.1, -0.05) is 7.43 Å². The lowest BCUT2D eigenvalue weighted by molar-refractivity contribution is -0.0298. The topological polar surface area (TPSA) is 159 Å². The average Bonchev–Trinajstić information content (AvgIpc) is 3.30. The van der Waals surface area contributed by atoms with Crippen molar-refractivity contribution in [1.82, 2.24) is 39.5 Å². The molecule has 154 valence electrons. The first-order chi connectivity index (χ1) is 13.5. The van der Waals surface area contributed by atoms with Gasteiger partial charge in [0.25, 0.3) is 0 Å². The van der Waals surface area contributed by atoms with Crippen molar-refractivity contribution in [3.63, 3.8) is 0 Å². The van der Waals surface area contributed by atoms with Crippen LogP contribution in [0.2, 0.25) is 0 Å². The van der Waals surface area contributed by atoms with Crippen LogP contribution in [-0.4, -0.2) is 46.1 Å². The van der Waals surface area contributed by atoms with E-state index in [4.69, 9.17) is 16.2 Å². The number of anilines is 2. The lowest BCUT2D eigenvalue weighted by atomic mass is 10.2. The third-order valence-corrected chi connectivity index (χ3v) is 4.17. The summed E-state index contributed by atoms with van der Waals surface area (Å²) in [6.45, 7) is 0.702. The predicted molar refractivity (Wildman–Crippen MR) is 101 cm³/mol. The van der Waals surface area contributed by atoms with E-state index in [9.17, 15) is 8.78 Å². The zero-order valence-electron chi connectivity index (χ0n) is 14.5. The molecule has 0 amide bonds. The largest absolute Gasteiger partial charge is 0.382 e. The van der Waals surface area contributed by atoms with Gasteiger partial charge >= 0.3 is 12.2 Å². The van der Waals surface area contributed by atoms with E-state index < -0.39 is 12.2 Å². The maximum absolute atomic E-state index is 13.1. The van der Waals surface area contributed by atoms with Gasteiger partial charge in [-0.2, -0.15) is 28.7 Å². The van der Waals surface area contributed by atoms with Crippen molar-refractivity contribution >= 4 is 34.0 Å². The molecular weight excluding hydrogens is 386 g/mol. The van der Waals surface area contributed by atoms with Crippen LogP contribution in [0.15, 0.2) is 12.7 Å². The smallest absolute Gasteiger partial charge is 0.312 e. The number of hydrogen-bond acceptors (Lipinski definition) is 9. The zero-order chi connectivity index (χ0) is 19.7. The molecule has 0 aliphatic carbocycles. The molecule has 0 aromatic carbocycles. The quantitative estimate of drug-likeness (QED) is 0.401. The van der Waals surface area contributed by atoms with Crippen LogP contribution in [0.4, 0.5) is 20.4 Å². The van der Waals surface area contributed by atoms with Crippen molar-refractivity contribution in [3.05, 3.63) is 24.8 Å². The average molecular weight is 406 g/mol. The Hall–Kier alpha value is -3.48. The molecule has 0 saturated carbocycles. The molecule has 5 heterocycles. The lowest BCUT2D eigenvalue weighted by Crippen LogP contribution is -2.18. The minimum absolute atomic E-state index is 0.